The van der Waals surface area contributed by atoms with Crippen LogP contribution in [0.1, 0.15) is 5.56 Å². The van der Waals surface area contributed by atoms with Crippen LogP contribution in [0.15, 0.2) is 18.2 Å². The Balaban J connectivity index is 1.84. The molecule has 1 aliphatic rings. The van der Waals surface area contributed by atoms with E-state index in [0.29, 0.717) is 19.0 Å². The molecule has 18 heavy (non-hydrogen) atoms. The minimum absolute atomic E-state index is 0.0318. The molecule has 0 fully saturated rings. The van der Waals surface area contributed by atoms with Crippen LogP contribution in [0.25, 0.3) is 0 Å². The van der Waals surface area contributed by atoms with E-state index in [1.807, 2.05) is 0 Å². The molecule has 100 valence electrons. The normalized spacial score (nSPS) is 19.4. The van der Waals surface area contributed by atoms with Gasteiger partial charge >= 0.3 is 0 Å². The molecular weight excluding hydrogens is 257 g/mol. The zero-order valence-corrected chi connectivity index (χ0v) is 11.0. The van der Waals surface area contributed by atoms with Crippen LogP contribution in [0.3, 0.4) is 0 Å². The lowest BCUT2D eigenvalue weighted by Gasteiger charge is -2.18. The molecule has 0 bridgehead atoms. The second-order valence-electron chi connectivity index (χ2n) is 4.41. The number of methoxy groups -OCH3 is 1. The third-order valence-electron chi connectivity index (χ3n) is 2.95. The molecule has 3 nitrogen and oxygen atoms in total. The van der Waals surface area contributed by atoms with E-state index in [1.54, 1.807) is 13.2 Å². The second kappa shape index (κ2) is 6.36. The number of halogens is 2. The molecule has 1 aromatic rings. The van der Waals surface area contributed by atoms with E-state index in [1.165, 1.54) is 12.1 Å². The lowest BCUT2D eigenvalue weighted by Crippen LogP contribution is -2.41. The lowest BCUT2D eigenvalue weighted by molar-refractivity contribution is 0.161. The number of fused-ring (bicyclic) bond motifs is 1. The van der Waals surface area contributed by atoms with Crippen LogP contribution in [-0.4, -0.2) is 38.3 Å². The summed E-state index contributed by atoms with van der Waals surface area (Å²) in [6.07, 6.45) is 0.756. The maximum Gasteiger partial charge on any atom is 0.123 e. The Hall–Kier alpha value is -0.840. The highest BCUT2D eigenvalue weighted by Gasteiger charge is 2.23. The van der Waals surface area contributed by atoms with Gasteiger partial charge in [-0.05, 0) is 18.2 Å². The Morgan fingerprint density at radius 3 is 3.17 bits per heavy atom. The van der Waals surface area contributed by atoms with Crippen molar-refractivity contribution in [2.45, 2.75) is 18.6 Å². The fraction of sp³-hybridized carbons (Fsp3) is 0.538. The maximum atomic E-state index is 13.1. The summed E-state index contributed by atoms with van der Waals surface area (Å²) in [6, 6.07) is 4.74. The molecule has 0 spiro atoms. The van der Waals surface area contributed by atoms with Crippen LogP contribution in [0, 0.1) is 5.82 Å². The van der Waals surface area contributed by atoms with Crippen molar-refractivity contribution in [3.8, 4) is 5.75 Å². The first-order chi connectivity index (χ1) is 8.72. The average molecular weight is 274 g/mol. The SMILES string of the molecule is COCC(CCl)NCC1Cc2cc(F)ccc2O1. The molecule has 0 amide bonds. The van der Waals surface area contributed by atoms with Crippen LogP contribution in [0.5, 0.6) is 5.75 Å². The Morgan fingerprint density at radius 1 is 1.61 bits per heavy atom. The minimum atomic E-state index is -0.219. The summed E-state index contributed by atoms with van der Waals surface area (Å²) in [4.78, 5) is 0. The molecule has 2 rings (SSSR count). The summed E-state index contributed by atoms with van der Waals surface area (Å²) in [5.41, 5.74) is 0.927. The summed E-state index contributed by atoms with van der Waals surface area (Å²) in [5.74, 6) is 1.05. The Morgan fingerprint density at radius 2 is 2.44 bits per heavy atom. The van der Waals surface area contributed by atoms with Crippen LogP contribution in [0.4, 0.5) is 4.39 Å². The van der Waals surface area contributed by atoms with E-state index in [4.69, 9.17) is 21.1 Å². The first-order valence-electron chi connectivity index (χ1n) is 5.96. The van der Waals surface area contributed by atoms with Crippen LogP contribution < -0.4 is 10.1 Å². The van der Waals surface area contributed by atoms with Crippen molar-refractivity contribution >= 4 is 11.6 Å². The van der Waals surface area contributed by atoms with Crippen molar-refractivity contribution in [2.24, 2.45) is 0 Å². The van der Waals surface area contributed by atoms with Crippen molar-refractivity contribution in [3.63, 3.8) is 0 Å². The predicted octanol–water partition coefficient (Wildman–Crippen LogP) is 1.97. The standard InChI is InChI=1S/C13H17ClFNO2/c1-17-8-11(6-14)16-7-12-5-9-4-10(15)2-3-13(9)18-12/h2-4,11-12,16H,5-8H2,1H3. The van der Waals surface area contributed by atoms with Crippen LogP contribution >= 0.6 is 11.6 Å². The molecule has 1 aliphatic heterocycles. The van der Waals surface area contributed by atoms with E-state index in [0.717, 1.165) is 17.7 Å². The van der Waals surface area contributed by atoms with Crippen molar-refractivity contribution in [1.82, 2.24) is 5.32 Å². The van der Waals surface area contributed by atoms with Crippen molar-refractivity contribution in [2.75, 3.05) is 26.1 Å². The summed E-state index contributed by atoms with van der Waals surface area (Å²) in [6.45, 7) is 1.24. The first kappa shape index (κ1) is 13.6. The van der Waals surface area contributed by atoms with Crippen LogP contribution in [-0.2, 0) is 11.2 Å². The van der Waals surface area contributed by atoms with Gasteiger partial charge in [0.2, 0.25) is 0 Å². The molecule has 0 aliphatic carbocycles. The Kier molecular flexibility index (Phi) is 4.80. The molecule has 1 N–H and O–H groups in total. The number of nitrogens with one attached hydrogen (secondary N) is 1. The van der Waals surface area contributed by atoms with Crippen LogP contribution in [0.2, 0.25) is 0 Å². The molecule has 5 heteroatoms. The minimum Gasteiger partial charge on any atom is -0.488 e. The van der Waals surface area contributed by atoms with Gasteiger partial charge in [-0.15, -0.1) is 11.6 Å². The second-order valence-corrected chi connectivity index (χ2v) is 4.72. The molecule has 1 aromatic carbocycles. The summed E-state index contributed by atoms with van der Waals surface area (Å²) >= 11 is 5.81. The number of hydrogen-bond acceptors (Lipinski definition) is 3. The van der Waals surface area contributed by atoms with Gasteiger partial charge in [0, 0.05) is 37.6 Å². The topological polar surface area (TPSA) is 30.5 Å². The van der Waals surface area contributed by atoms with Gasteiger partial charge in [-0.3, -0.25) is 0 Å². The summed E-state index contributed by atoms with van der Waals surface area (Å²) in [5, 5.41) is 3.29. The van der Waals surface area contributed by atoms with Gasteiger partial charge < -0.3 is 14.8 Å². The zero-order valence-electron chi connectivity index (χ0n) is 10.3. The molecular formula is C13H17ClFNO2. The molecule has 1 heterocycles. The Labute approximate surface area is 111 Å². The highest BCUT2D eigenvalue weighted by Crippen LogP contribution is 2.28. The fourth-order valence-corrected chi connectivity index (χ4v) is 2.26. The number of rotatable bonds is 6. The molecule has 2 unspecified atom stereocenters. The van der Waals surface area contributed by atoms with Gasteiger partial charge in [0.1, 0.15) is 17.7 Å². The monoisotopic (exact) mass is 273 g/mol. The van der Waals surface area contributed by atoms with E-state index >= 15 is 0 Å². The van der Waals surface area contributed by atoms with Gasteiger partial charge in [-0.25, -0.2) is 4.39 Å². The average Bonchev–Trinajstić information content (AvgIpc) is 2.76. The summed E-state index contributed by atoms with van der Waals surface area (Å²) < 4.78 is 23.8. The smallest absolute Gasteiger partial charge is 0.123 e. The van der Waals surface area contributed by atoms with Crippen molar-refractivity contribution in [1.29, 1.82) is 0 Å². The van der Waals surface area contributed by atoms with Gasteiger partial charge in [0.05, 0.1) is 6.61 Å². The van der Waals surface area contributed by atoms with E-state index in [2.05, 4.69) is 5.32 Å². The number of hydrogen-bond donors (Lipinski definition) is 1. The zero-order chi connectivity index (χ0) is 13.0. The largest absolute Gasteiger partial charge is 0.488 e. The van der Waals surface area contributed by atoms with E-state index in [-0.39, 0.29) is 18.0 Å². The van der Waals surface area contributed by atoms with Gasteiger partial charge in [0.25, 0.3) is 0 Å². The maximum absolute atomic E-state index is 13.1. The molecule has 0 aromatic heterocycles. The molecule has 0 saturated carbocycles. The van der Waals surface area contributed by atoms with Gasteiger partial charge in [-0.1, -0.05) is 0 Å². The fourth-order valence-electron chi connectivity index (χ4n) is 2.06. The van der Waals surface area contributed by atoms with E-state index in [9.17, 15) is 4.39 Å². The Bertz CT molecular complexity index is 403. The van der Waals surface area contributed by atoms with Gasteiger partial charge in [0.15, 0.2) is 0 Å². The highest BCUT2D eigenvalue weighted by molar-refractivity contribution is 6.18. The predicted molar refractivity (Wildman–Crippen MR) is 68.9 cm³/mol. The van der Waals surface area contributed by atoms with Crippen molar-refractivity contribution in [3.05, 3.63) is 29.6 Å². The van der Waals surface area contributed by atoms with E-state index < -0.39 is 0 Å². The first-order valence-corrected chi connectivity index (χ1v) is 6.49. The number of benzene rings is 1. The lowest BCUT2D eigenvalue weighted by atomic mass is 10.1. The van der Waals surface area contributed by atoms with Crippen molar-refractivity contribution < 1.29 is 13.9 Å². The number of alkyl halides is 1. The molecule has 0 saturated heterocycles. The molecule has 0 radical (unpaired) electrons. The molecule has 2 atom stereocenters. The highest BCUT2D eigenvalue weighted by atomic mass is 35.5. The summed E-state index contributed by atoms with van der Waals surface area (Å²) in [7, 11) is 1.64. The number of ether oxygens (including phenoxy) is 2. The quantitative estimate of drug-likeness (QED) is 0.804. The third kappa shape index (κ3) is 3.34. The van der Waals surface area contributed by atoms with Gasteiger partial charge in [-0.2, -0.15) is 0 Å². The third-order valence-corrected chi connectivity index (χ3v) is 3.32.